The summed E-state index contributed by atoms with van der Waals surface area (Å²) in [5.74, 6) is 0.206. The van der Waals surface area contributed by atoms with Gasteiger partial charge < -0.3 is 20.3 Å². The van der Waals surface area contributed by atoms with Crippen molar-refractivity contribution in [1.29, 1.82) is 0 Å². The van der Waals surface area contributed by atoms with Crippen LogP contribution in [-0.4, -0.2) is 50.7 Å². The third kappa shape index (κ3) is 3.69. The van der Waals surface area contributed by atoms with Crippen LogP contribution in [0.15, 0.2) is 48.7 Å². The molecule has 0 radical (unpaired) electrons. The minimum Gasteiger partial charge on any atom is -0.488 e. The molecule has 0 bridgehead atoms. The Labute approximate surface area is 139 Å². The smallest absolute Gasteiger partial charge is 0.272 e. The minimum absolute atomic E-state index is 0.168. The van der Waals surface area contributed by atoms with E-state index in [1.165, 1.54) is 12.3 Å². The van der Waals surface area contributed by atoms with E-state index in [1.54, 1.807) is 18.2 Å². The van der Waals surface area contributed by atoms with Crippen molar-refractivity contribution in [3.63, 3.8) is 0 Å². The van der Waals surface area contributed by atoms with Gasteiger partial charge in [-0.1, -0.05) is 18.2 Å². The van der Waals surface area contributed by atoms with Crippen LogP contribution in [0.5, 0.6) is 5.75 Å². The summed E-state index contributed by atoms with van der Waals surface area (Å²) < 4.78 is 5.73. The van der Waals surface area contributed by atoms with Crippen molar-refractivity contribution < 1.29 is 19.7 Å². The second-order valence-corrected chi connectivity index (χ2v) is 5.72. The number of carbonyl (C=O) groups excluding carboxylic acids is 1. The highest BCUT2D eigenvalue weighted by Crippen LogP contribution is 2.25. The van der Waals surface area contributed by atoms with Gasteiger partial charge in [0.15, 0.2) is 5.69 Å². The largest absolute Gasteiger partial charge is 0.488 e. The summed E-state index contributed by atoms with van der Waals surface area (Å²) in [6, 6.07) is 11.7. The van der Waals surface area contributed by atoms with Gasteiger partial charge in [-0.25, -0.2) is 0 Å². The quantitative estimate of drug-likeness (QED) is 0.756. The van der Waals surface area contributed by atoms with Gasteiger partial charge in [0, 0.05) is 6.20 Å². The fourth-order valence-corrected chi connectivity index (χ4v) is 2.77. The first-order valence-corrected chi connectivity index (χ1v) is 7.81. The lowest BCUT2D eigenvalue weighted by molar-refractivity contribution is -0.0874. The second-order valence-electron chi connectivity index (χ2n) is 5.72. The number of hydrogen-bond acceptors (Lipinski definition) is 6. The third-order valence-electron chi connectivity index (χ3n) is 4.06. The molecule has 4 atom stereocenters. The first-order chi connectivity index (χ1) is 11.6. The van der Waals surface area contributed by atoms with E-state index in [9.17, 15) is 15.0 Å². The van der Waals surface area contributed by atoms with E-state index in [0.29, 0.717) is 18.6 Å². The van der Waals surface area contributed by atoms with Gasteiger partial charge in [-0.2, -0.15) is 5.10 Å². The first kappa shape index (κ1) is 16.4. The molecule has 1 amide bonds. The topological polar surface area (TPSA) is 105 Å². The number of nitrogens with one attached hydrogen (secondary N) is 1. The Bertz CT molecular complexity index is 668. The summed E-state index contributed by atoms with van der Waals surface area (Å²) in [7, 11) is 0. The summed E-state index contributed by atoms with van der Waals surface area (Å²) in [4.78, 5) is 12.1. The number of carbonyl (C=O) groups is 1. The zero-order chi connectivity index (χ0) is 16.9. The summed E-state index contributed by atoms with van der Waals surface area (Å²) in [6.07, 6.45) is -0.256. The molecule has 3 N–H and O–H groups in total. The van der Waals surface area contributed by atoms with Crippen LogP contribution in [-0.2, 0) is 0 Å². The Morgan fingerprint density at radius 1 is 1.08 bits per heavy atom. The van der Waals surface area contributed by atoms with Gasteiger partial charge in [-0.15, -0.1) is 5.10 Å². The molecule has 7 nitrogen and oxygen atoms in total. The van der Waals surface area contributed by atoms with Crippen LogP contribution in [0.2, 0.25) is 0 Å². The molecule has 24 heavy (non-hydrogen) atoms. The van der Waals surface area contributed by atoms with Crippen LogP contribution in [0.1, 0.15) is 23.3 Å². The molecule has 0 aliphatic heterocycles. The highest BCUT2D eigenvalue weighted by molar-refractivity contribution is 5.92. The number of para-hydroxylation sites is 1. The Hall–Kier alpha value is -2.51. The molecule has 0 spiro atoms. The van der Waals surface area contributed by atoms with Crippen molar-refractivity contribution in [3.8, 4) is 5.75 Å². The fraction of sp³-hybridized carbons (Fsp3) is 0.353. The molecule has 0 unspecified atom stereocenters. The van der Waals surface area contributed by atoms with Crippen molar-refractivity contribution >= 4 is 5.91 Å². The van der Waals surface area contributed by atoms with Crippen LogP contribution < -0.4 is 10.1 Å². The molecule has 1 fully saturated rings. The van der Waals surface area contributed by atoms with Crippen molar-refractivity contribution in [2.24, 2.45) is 0 Å². The molecule has 126 valence electrons. The summed E-state index contributed by atoms with van der Waals surface area (Å²) in [6.45, 7) is 0. The summed E-state index contributed by atoms with van der Waals surface area (Å²) in [5.41, 5.74) is 0.168. The molecule has 3 rings (SSSR count). The summed E-state index contributed by atoms with van der Waals surface area (Å²) >= 11 is 0. The number of aliphatic hydroxyl groups is 2. The molecule has 2 aromatic rings. The van der Waals surface area contributed by atoms with Gasteiger partial charge in [0.05, 0.1) is 6.04 Å². The monoisotopic (exact) mass is 329 g/mol. The van der Waals surface area contributed by atoms with Crippen LogP contribution in [0.3, 0.4) is 0 Å². The SMILES string of the molecule is O=C(N[C@@H]1CC[C@@H](Oc2ccccc2)[C@@H](O)[C@@H]1O)c1cccnn1. The molecule has 7 heteroatoms. The number of ether oxygens (including phenoxy) is 1. The standard InChI is InChI=1S/C17H19N3O4/c21-15-12(19-17(23)13-7-4-10-18-20-13)8-9-14(16(15)22)24-11-5-2-1-3-6-11/h1-7,10,12,14-16,21-22H,8-9H2,(H,19,23)/t12-,14-,15-,16-/m1/s1. The maximum atomic E-state index is 12.1. The van der Waals surface area contributed by atoms with Crippen molar-refractivity contribution in [1.82, 2.24) is 15.5 Å². The summed E-state index contributed by atoms with van der Waals surface area (Å²) in [5, 5.41) is 30.7. The molecule has 1 aliphatic rings. The number of amides is 1. The van der Waals surface area contributed by atoms with Crippen molar-refractivity contribution in [2.45, 2.75) is 37.2 Å². The van der Waals surface area contributed by atoms with Crippen molar-refractivity contribution in [3.05, 3.63) is 54.4 Å². The number of nitrogens with zero attached hydrogens (tertiary/aromatic N) is 2. The van der Waals surface area contributed by atoms with E-state index in [-0.39, 0.29) is 5.69 Å². The highest BCUT2D eigenvalue weighted by atomic mass is 16.5. The molecular formula is C17H19N3O4. The predicted octanol–water partition coefficient (Wildman–Crippen LogP) is 0.538. The maximum Gasteiger partial charge on any atom is 0.272 e. The third-order valence-corrected chi connectivity index (χ3v) is 4.06. The molecule has 0 saturated heterocycles. The van der Waals surface area contributed by atoms with Crippen molar-refractivity contribution in [2.75, 3.05) is 0 Å². The number of hydrogen-bond donors (Lipinski definition) is 3. The average Bonchev–Trinajstić information content (AvgIpc) is 2.63. The average molecular weight is 329 g/mol. The number of rotatable bonds is 4. The Balaban J connectivity index is 1.60. The molecule has 1 aromatic carbocycles. The van der Waals surface area contributed by atoms with E-state index in [4.69, 9.17) is 4.74 Å². The maximum absolute atomic E-state index is 12.1. The van der Waals surface area contributed by atoms with Gasteiger partial charge >= 0.3 is 0 Å². The van der Waals surface area contributed by atoms with Gasteiger partial charge in [-0.3, -0.25) is 4.79 Å². The Morgan fingerprint density at radius 3 is 2.58 bits per heavy atom. The van der Waals surface area contributed by atoms with E-state index < -0.39 is 30.3 Å². The molecule has 1 aliphatic carbocycles. The van der Waals surface area contributed by atoms with Gasteiger partial charge in [-0.05, 0) is 37.1 Å². The van der Waals surface area contributed by atoms with E-state index in [2.05, 4.69) is 15.5 Å². The Morgan fingerprint density at radius 2 is 1.88 bits per heavy atom. The van der Waals surface area contributed by atoms with E-state index >= 15 is 0 Å². The molecule has 1 saturated carbocycles. The molecule has 1 heterocycles. The second kappa shape index (κ2) is 7.37. The zero-order valence-electron chi connectivity index (χ0n) is 12.9. The minimum atomic E-state index is -1.12. The van der Waals surface area contributed by atoms with Crippen LogP contribution >= 0.6 is 0 Å². The fourth-order valence-electron chi connectivity index (χ4n) is 2.77. The number of aromatic nitrogens is 2. The van der Waals surface area contributed by atoms with Crippen LogP contribution in [0, 0.1) is 0 Å². The lowest BCUT2D eigenvalue weighted by Crippen LogP contribution is -2.57. The van der Waals surface area contributed by atoms with E-state index in [0.717, 1.165) is 0 Å². The van der Waals surface area contributed by atoms with Crippen LogP contribution in [0.25, 0.3) is 0 Å². The molecular weight excluding hydrogens is 310 g/mol. The number of aliphatic hydroxyl groups excluding tert-OH is 2. The molecule has 1 aromatic heterocycles. The lowest BCUT2D eigenvalue weighted by atomic mass is 9.87. The van der Waals surface area contributed by atoms with Gasteiger partial charge in [0.1, 0.15) is 24.1 Å². The number of benzene rings is 1. The van der Waals surface area contributed by atoms with Gasteiger partial charge in [0.25, 0.3) is 5.91 Å². The highest BCUT2D eigenvalue weighted by Gasteiger charge is 2.39. The predicted molar refractivity (Wildman–Crippen MR) is 85.4 cm³/mol. The Kier molecular flexibility index (Phi) is 5.02. The van der Waals surface area contributed by atoms with E-state index in [1.807, 2.05) is 18.2 Å². The first-order valence-electron chi connectivity index (χ1n) is 7.81. The van der Waals surface area contributed by atoms with Crippen LogP contribution in [0.4, 0.5) is 0 Å². The van der Waals surface area contributed by atoms with Gasteiger partial charge in [0.2, 0.25) is 0 Å². The lowest BCUT2D eigenvalue weighted by Gasteiger charge is -2.37. The normalized spacial score (nSPS) is 26.6. The zero-order valence-corrected chi connectivity index (χ0v) is 12.9.